The zero-order valence-electron chi connectivity index (χ0n) is 20.8. The number of nitrogens with zero attached hydrogens (tertiary/aromatic N) is 2. The van der Waals surface area contributed by atoms with E-state index in [1.807, 2.05) is 38.2 Å². The summed E-state index contributed by atoms with van der Waals surface area (Å²) in [5, 5.41) is 0. The first kappa shape index (κ1) is 24.3. The lowest BCUT2D eigenvalue weighted by molar-refractivity contribution is -0.148. The second kappa shape index (κ2) is 11.5. The first-order valence-electron chi connectivity index (χ1n) is 12.7. The molecule has 5 heteroatoms. The topological polar surface area (TPSA) is 51.1 Å². The largest absolute Gasteiger partial charge is 0.496 e. The van der Waals surface area contributed by atoms with Crippen molar-refractivity contribution in [1.29, 1.82) is 0 Å². The van der Waals surface area contributed by atoms with Gasteiger partial charge in [-0.1, -0.05) is 48.5 Å². The maximum absolute atomic E-state index is 13.4. The Morgan fingerprint density at radius 3 is 2.26 bits per heavy atom. The standard InChI is InChI=1S/C29H38N2O3/c1-4-34-29(32)27(26(23-14-15-23)24-16-17-24)28(30-2)31(20-21-10-6-5-7-11-21)19-18-22-12-8-9-13-25(22)33-3/h5-13,23-24,26-27H,4,14-20H2,1-3H3/b30-28-. The Kier molecular flexibility index (Phi) is 8.25. The summed E-state index contributed by atoms with van der Waals surface area (Å²) in [6.45, 7) is 3.75. The molecule has 0 aromatic heterocycles. The molecule has 5 nitrogen and oxygen atoms in total. The molecule has 0 heterocycles. The van der Waals surface area contributed by atoms with Crippen LogP contribution in [0.2, 0.25) is 0 Å². The minimum Gasteiger partial charge on any atom is -0.496 e. The minimum absolute atomic E-state index is 0.109. The van der Waals surface area contributed by atoms with Gasteiger partial charge in [0.2, 0.25) is 0 Å². The van der Waals surface area contributed by atoms with E-state index in [-0.39, 0.29) is 11.9 Å². The molecule has 34 heavy (non-hydrogen) atoms. The molecule has 182 valence electrons. The summed E-state index contributed by atoms with van der Waals surface area (Å²) in [6, 6.07) is 18.6. The van der Waals surface area contributed by atoms with Crippen molar-refractivity contribution in [1.82, 2.24) is 4.90 Å². The van der Waals surface area contributed by atoms with Crippen LogP contribution in [0.1, 0.15) is 43.7 Å². The van der Waals surface area contributed by atoms with Gasteiger partial charge in [-0.05, 0) is 74.0 Å². The van der Waals surface area contributed by atoms with Gasteiger partial charge in [-0.15, -0.1) is 0 Å². The van der Waals surface area contributed by atoms with E-state index in [1.54, 1.807) is 7.11 Å². The minimum atomic E-state index is -0.300. The maximum Gasteiger partial charge on any atom is 0.316 e. The first-order valence-corrected chi connectivity index (χ1v) is 12.7. The fourth-order valence-electron chi connectivity index (χ4n) is 5.28. The van der Waals surface area contributed by atoms with Crippen molar-refractivity contribution < 1.29 is 14.3 Å². The van der Waals surface area contributed by atoms with E-state index in [0.29, 0.717) is 30.9 Å². The monoisotopic (exact) mass is 462 g/mol. The molecule has 2 aromatic carbocycles. The zero-order chi connectivity index (χ0) is 23.9. The van der Waals surface area contributed by atoms with Gasteiger partial charge < -0.3 is 14.4 Å². The fraction of sp³-hybridized carbons (Fsp3) is 0.517. The Bertz CT molecular complexity index is 954. The molecule has 2 aromatic rings. The number of ether oxygens (including phenoxy) is 2. The van der Waals surface area contributed by atoms with Gasteiger partial charge in [0.05, 0.1) is 13.7 Å². The third kappa shape index (κ3) is 5.99. The lowest BCUT2D eigenvalue weighted by atomic mass is 9.82. The van der Waals surface area contributed by atoms with Crippen LogP contribution in [0, 0.1) is 23.7 Å². The highest BCUT2D eigenvalue weighted by atomic mass is 16.5. The molecule has 1 atom stereocenters. The molecular weight excluding hydrogens is 424 g/mol. The number of rotatable bonds is 12. The average Bonchev–Trinajstić information content (AvgIpc) is 3.78. The summed E-state index contributed by atoms with van der Waals surface area (Å²) in [5.74, 6) is 2.93. The number of para-hydroxylation sites is 1. The molecule has 4 rings (SSSR count). The summed E-state index contributed by atoms with van der Waals surface area (Å²) in [7, 11) is 3.55. The maximum atomic E-state index is 13.4. The Labute approximate surface area is 204 Å². The van der Waals surface area contributed by atoms with Gasteiger partial charge in [0.1, 0.15) is 17.5 Å². The van der Waals surface area contributed by atoms with Gasteiger partial charge in [0, 0.05) is 20.1 Å². The van der Waals surface area contributed by atoms with E-state index in [1.165, 1.54) is 31.2 Å². The summed E-state index contributed by atoms with van der Waals surface area (Å²) >= 11 is 0. The average molecular weight is 463 g/mol. The van der Waals surface area contributed by atoms with Crippen LogP contribution in [0.5, 0.6) is 5.75 Å². The smallest absolute Gasteiger partial charge is 0.316 e. The van der Waals surface area contributed by atoms with Crippen LogP contribution in [0.15, 0.2) is 59.6 Å². The predicted octanol–water partition coefficient (Wildman–Crippen LogP) is 5.38. The molecule has 0 aliphatic heterocycles. The van der Waals surface area contributed by atoms with E-state index in [0.717, 1.165) is 30.1 Å². The Balaban J connectivity index is 1.65. The van der Waals surface area contributed by atoms with Crippen LogP contribution in [-0.4, -0.2) is 44.0 Å². The molecule has 0 saturated heterocycles. The van der Waals surface area contributed by atoms with E-state index in [9.17, 15) is 4.79 Å². The van der Waals surface area contributed by atoms with Gasteiger partial charge >= 0.3 is 5.97 Å². The van der Waals surface area contributed by atoms with Crippen molar-refractivity contribution in [3.05, 3.63) is 65.7 Å². The number of carbonyl (C=O) groups is 1. The Morgan fingerprint density at radius 2 is 1.68 bits per heavy atom. The second-order valence-corrected chi connectivity index (χ2v) is 9.53. The molecule has 0 N–H and O–H groups in total. The predicted molar refractivity (Wildman–Crippen MR) is 136 cm³/mol. The summed E-state index contributed by atoms with van der Waals surface area (Å²) < 4.78 is 11.3. The van der Waals surface area contributed by atoms with E-state index in [2.05, 4.69) is 35.2 Å². The second-order valence-electron chi connectivity index (χ2n) is 9.53. The van der Waals surface area contributed by atoms with Crippen LogP contribution in [-0.2, 0) is 22.5 Å². The van der Waals surface area contributed by atoms with Crippen molar-refractivity contribution >= 4 is 11.8 Å². The van der Waals surface area contributed by atoms with Crippen LogP contribution in [0.25, 0.3) is 0 Å². The fourth-order valence-corrected chi connectivity index (χ4v) is 5.28. The van der Waals surface area contributed by atoms with E-state index >= 15 is 0 Å². The van der Waals surface area contributed by atoms with Crippen LogP contribution >= 0.6 is 0 Å². The van der Waals surface area contributed by atoms with Crippen molar-refractivity contribution in [2.75, 3.05) is 27.3 Å². The van der Waals surface area contributed by atoms with E-state index < -0.39 is 0 Å². The molecule has 2 aliphatic carbocycles. The van der Waals surface area contributed by atoms with Crippen molar-refractivity contribution in [3.63, 3.8) is 0 Å². The highest BCUT2D eigenvalue weighted by Gasteiger charge is 2.50. The molecule has 1 unspecified atom stereocenters. The Hall–Kier alpha value is -2.82. The molecule has 0 amide bonds. The number of hydrogen-bond donors (Lipinski definition) is 0. The van der Waals surface area contributed by atoms with Crippen LogP contribution in [0.3, 0.4) is 0 Å². The molecular formula is C29H38N2O3. The van der Waals surface area contributed by atoms with Crippen molar-refractivity contribution in [2.24, 2.45) is 28.7 Å². The highest BCUT2D eigenvalue weighted by Crippen LogP contribution is 2.53. The number of benzene rings is 2. The van der Waals surface area contributed by atoms with Gasteiger partial charge in [-0.2, -0.15) is 0 Å². The number of amidine groups is 1. The van der Waals surface area contributed by atoms with Gasteiger partial charge in [-0.3, -0.25) is 9.79 Å². The molecule has 0 spiro atoms. The molecule has 0 radical (unpaired) electrons. The van der Waals surface area contributed by atoms with Crippen molar-refractivity contribution in [3.8, 4) is 5.75 Å². The van der Waals surface area contributed by atoms with Gasteiger partial charge in [-0.25, -0.2) is 0 Å². The lowest BCUT2D eigenvalue weighted by Crippen LogP contribution is -2.45. The molecule has 2 fully saturated rings. The van der Waals surface area contributed by atoms with Crippen molar-refractivity contribution in [2.45, 2.75) is 45.6 Å². The number of carbonyl (C=O) groups excluding carboxylic acids is 1. The molecule has 0 bridgehead atoms. The summed E-state index contributed by atoms with van der Waals surface area (Å²) in [6.07, 6.45) is 5.67. The normalized spacial score (nSPS) is 16.9. The zero-order valence-corrected chi connectivity index (χ0v) is 20.8. The Morgan fingerprint density at radius 1 is 1.03 bits per heavy atom. The number of methoxy groups -OCH3 is 1. The molecule has 2 aliphatic rings. The highest BCUT2D eigenvalue weighted by molar-refractivity contribution is 6.01. The third-order valence-corrected chi connectivity index (χ3v) is 7.15. The van der Waals surface area contributed by atoms with Crippen LogP contribution < -0.4 is 4.74 Å². The SMILES string of the molecule is CCOC(=O)C(/C(=N/C)N(CCc1ccccc1OC)Cc1ccccc1)C(C1CC1)C1CC1. The first-order chi connectivity index (χ1) is 16.7. The number of esters is 1. The summed E-state index contributed by atoms with van der Waals surface area (Å²) in [4.78, 5) is 20.5. The summed E-state index contributed by atoms with van der Waals surface area (Å²) in [5.41, 5.74) is 2.37. The van der Waals surface area contributed by atoms with Gasteiger partial charge in [0.25, 0.3) is 0 Å². The molecule has 2 saturated carbocycles. The third-order valence-electron chi connectivity index (χ3n) is 7.15. The van der Waals surface area contributed by atoms with E-state index in [4.69, 9.17) is 14.5 Å². The van der Waals surface area contributed by atoms with Gasteiger partial charge in [0.15, 0.2) is 0 Å². The number of aliphatic imine (C=N–C) groups is 1. The van der Waals surface area contributed by atoms with Crippen LogP contribution in [0.4, 0.5) is 0 Å². The lowest BCUT2D eigenvalue weighted by Gasteiger charge is -2.34. The number of hydrogen-bond acceptors (Lipinski definition) is 4. The quantitative estimate of drug-likeness (QED) is 0.241.